The van der Waals surface area contributed by atoms with Crippen molar-refractivity contribution in [2.45, 2.75) is 19.8 Å². The van der Waals surface area contributed by atoms with Crippen molar-refractivity contribution in [1.29, 1.82) is 0 Å². The Morgan fingerprint density at radius 3 is 2.71 bits per heavy atom. The van der Waals surface area contributed by atoms with Crippen molar-refractivity contribution in [3.63, 3.8) is 0 Å². The summed E-state index contributed by atoms with van der Waals surface area (Å²) in [4.78, 5) is 0. The third-order valence-electron chi connectivity index (χ3n) is 2.03. The summed E-state index contributed by atoms with van der Waals surface area (Å²) in [6, 6.07) is 6.04. The SMILES string of the molecule is CC(C)c1ccc(N)c(C#CCBr)c1. The predicted octanol–water partition coefficient (Wildman–Crippen LogP) is 3.14. The Balaban J connectivity index is 3.08. The van der Waals surface area contributed by atoms with Crippen LogP contribution in [0.15, 0.2) is 18.2 Å². The van der Waals surface area contributed by atoms with Crippen LogP contribution in [-0.4, -0.2) is 5.33 Å². The van der Waals surface area contributed by atoms with Gasteiger partial charge in [0.15, 0.2) is 0 Å². The second-order valence-corrected chi connectivity index (χ2v) is 4.00. The zero-order valence-corrected chi connectivity index (χ0v) is 10.1. The number of rotatable bonds is 1. The maximum atomic E-state index is 5.81. The van der Waals surface area contributed by atoms with E-state index in [4.69, 9.17) is 5.73 Å². The van der Waals surface area contributed by atoms with Crippen molar-refractivity contribution < 1.29 is 0 Å². The molecule has 0 aliphatic carbocycles. The number of benzene rings is 1. The van der Waals surface area contributed by atoms with Crippen LogP contribution in [0.2, 0.25) is 0 Å². The van der Waals surface area contributed by atoms with Crippen LogP contribution in [0.3, 0.4) is 0 Å². The molecule has 0 saturated carbocycles. The van der Waals surface area contributed by atoms with Crippen LogP contribution < -0.4 is 5.73 Å². The highest BCUT2D eigenvalue weighted by Crippen LogP contribution is 2.19. The van der Waals surface area contributed by atoms with Gasteiger partial charge in [-0.2, -0.15) is 0 Å². The summed E-state index contributed by atoms with van der Waals surface area (Å²) in [5, 5.41) is 0.679. The lowest BCUT2D eigenvalue weighted by molar-refractivity contribution is 0.866. The highest BCUT2D eigenvalue weighted by Gasteiger charge is 2.01. The third-order valence-corrected chi connectivity index (χ3v) is 2.31. The fourth-order valence-corrected chi connectivity index (χ4v) is 1.31. The number of anilines is 1. The summed E-state index contributed by atoms with van der Waals surface area (Å²) in [6.45, 7) is 4.32. The average molecular weight is 252 g/mol. The van der Waals surface area contributed by atoms with Gasteiger partial charge in [0.05, 0.1) is 5.33 Å². The van der Waals surface area contributed by atoms with E-state index in [0.29, 0.717) is 11.2 Å². The van der Waals surface area contributed by atoms with Crippen molar-refractivity contribution in [3.8, 4) is 11.8 Å². The molecule has 0 unspecified atom stereocenters. The molecule has 1 aromatic rings. The molecule has 0 bridgehead atoms. The molecule has 1 aromatic carbocycles. The van der Waals surface area contributed by atoms with Crippen molar-refractivity contribution >= 4 is 21.6 Å². The molecule has 2 heteroatoms. The molecule has 0 radical (unpaired) electrons. The van der Waals surface area contributed by atoms with Gasteiger partial charge in [-0.05, 0) is 23.6 Å². The lowest BCUT2D eigenvalue weighted by Gasteiger charge is -2.06. The first-order chi connectivity index (χ1) is 6.65. The normalized spacial score (nSPS) is 9.71. The minimum absolute atomic E-state index is 0.514. The molecule has 0 saturated heterocycles. The summed E-state index contributed by atoms with van der Waals surface area (Å²) >= 11 is 3.26. The van der Waals surface area contributed by atoms with Crippen LogP contribution in [0.1, 0.15) is 30.9 Å². The Morgan fingerprint density at radius 2 is 2.14 bits per heavy atom. The van der Waals surface area contributed by atoms with Gasteiger partial charge in [0.1, 0.15) is 0 Å². The van der Waals surface area contributed by atoms with Gasteiger partial charge in [0, 0.05) is 11.3 Å². The fraction of sp³-hybridized carbons (Fsp3) is 0.333. The minimum atomic E-state index is 0.514. The van der Waals surface area contributed by atoms with E-state index in [1.807, 2.05) is 6.07 Å². The topological polar surface area (TPSA) is 26.0 Å². The summed E-state index contributed by atoms with van der Waals surface area (Å²) < 4.78 is 0. The van der Waals surface area contributed by atoms with Gasteiger partial charge in [-0.25, -0.2) is 0 Å². The van der Waals surface area contributed by atoms with Crippen LogP contribution in [0.4, 0.5) is 5.69 Å². The zero-order chi connectivity index (χ0) is 10.6. The van der Waals surface area contributed by atoms with Gasteiger partial charge in [0.25, 0.3) is 0 Å². The fourth-order valence-electron chi connectivity index (χ4n) is 1.17. The first kappa shape index (κ1) is 11.1. The number of nitrogens with two attached hydrogens (primary N) is 1. The summed E-state index contributed by atoms with van der Waals surface area (Å²) in [5.74, 6) is 6.51. The zero-order valence-electron chi connectivity index (χ0n) is 8.47. The smallest absolute Gasteiger partial charge is 0.0649 e. The first-order valence-corrected chi connectivity index (χ1v) is 5.71. The maximum absolute atomic E-state index is 5.81. The molecule has 2 N–H and O–H groups in total. The third kappa shape index (κ3) is 2.78. The molecular formula is C12H14BrN. The molecule has 0 heterocycles. The number of hydrogen-bond acceptors (Lipinski definition) is 1. The van der Waals surface area contributed by atoms with E-state index in [2.05, 4.69) is 53.8 Å². The monoisotopic (exact) mass is 251 g/mol. The quantitative estimate of drug-likeness (QED) is 0.464. The van der Waals surface area contributed by atoms with Crippen molar-refractivity contribution in [3.05, 3.63) is 29.3 Å². The van der Waals surface area contributed by atoms with Gasteiger partial charge in [0.2, 0.25) is 0 Å². The molecular weight excluding hydrogens is 238 g/mol. The van der Waals surface area contributed by atoms with Crippen LogP contribution in [0.5, 0.6) is 0 Å². The van der Waals surface area contributed by atoms with Crippen LogP contribution >= 0.6 is 15.9 Å². The Hall–Kier alpha value is -0.940. The molecule has 14 heavy (non-hydrogen) atoms. The van der Waals surface area contributed by atoms with Crippen molar-refractivity contribution in [2.24, 2.45) is 0 Å². The number of hydrogen-bond donors (Lipinski definition) is 1. The average Bonchev–Trinajstić information content (AvgIpc) is 2.16. The van der Waals surface area contributed by atoms with Crippen LogP contribution in [0, 0.1) is 11.8 Å². The van der Waals surface area contributed by atoms with Gasteiger partial charge in [-0.15, -0.1) is 0 Å². The van der Waals surface area contributed by atoms with E-state index < -0.39 is 0 Å². The molecule has 1 nitrogen and oxygen atoms in total. The van der Waals surface area contributed by atoms with Crippen molar-refractivity contribution in [1.82, 2.24) is 0 Å². The predicted molar refractivity (Wildman–Crippen MR) is 65.6 cm³/mol. The van der Waals surface area contributed by atoms with Crippen molar-refractivity contribution in [2.75, 3.05) is 11.1 Å². The highest BCUT2D eigenvalue weighted by atomic mass is 79.9. The Kier molecular flexibility index (Phi) is 4.03. The van der Waals surface area contributed by atoms with E-state index >= 15 is 0 Å². The Bertz CT molecular complexity index is 372. The molecule has 1 rings (SSSR count). The second kappa shape index (κ2) is 5.07. The lowest BCUT2D eigenvalue weighted by atomic mass is 10.00. The maximum Gasteiger partial charge on any atom is 0.0649 e. The number of alkyl halides is 1. The second-order valence-electron chi connectivity index (χ2n) is 3.44. The Labute approximate surface area is 93.8 Å². The van der Waals surface area contributed by atoms with E-state index in [-0.39, 0.29) is 0 Å². The first-order valence-electron chi connectivity index (χ1n) is 4.59. The molecule has 0 fully saturated rings. The van der Waals surface area contributed by atoms with Gasteiger partial charge in [-0.3, -0.25) is 0 Å². The van der Waals surface area contributed by atoms with E-state index in [1.54, 1.807) is 0 Å². The molecule has 0 aliphatic rings. The van der Waals surface area contributed by atoms with E-state index in [9.17, 15) is 0 Å². The lowest BCUT2D eigenvalue weighted by Crippen LogP contribution is -1.94. The minimum Gasteiger partial charge on any atom is -0.398 e. The van der Waals surface area contributed by atoms with Gasteiger partial charge >= 0.3 is 0 Å². The summed E-state index contributed by atoms with van der Waals surface area (Å²) in [6.07, 6.45) is 0. The van der Waals surface area contributed by atoms with Gasteiger partial charge < -0.3 is 5.73 Å². The summed E-state index contributed by atoms with van der Waals surface area (Å²) in [7, 11) is 0. The van der Waals surface area contributed by atoms with E-state index in [0.717, 1.165) is 11.3 Å². The molecule has 0 atom stereocenters. The molecule has 0 amide bonds. The Morgan fingerprint density at radius 1 is 1.43 bits per heavy atom. The highest BCUT2D eigenvalue weighted by molar-refractivity contribution is 9.09. The standard InChI is InChI=1S/C12H14BrN/c1-9(2)10-5-6-12(14)11(8-10)4-3-7-13/h5-6,8-9H,7,14H2,1-2H3. The molecule has 0 aromatic heterocycles. The molecule has 74 valence electrons. The summed E-state index contributed by atoms with van der Waals surface area (Å²) in [5.41, 5.74) is 8.77. The molecule has 0 aliphatic heterocycles. The van der Waals surface area contributed by atoms with Crippen LogP contribution in [-0.2, 0) is 0 Å². The largest absolute Gasteiger partial charge is 0.398 e. The van der Waals surface area contributed by atoms with Crippen LogP contribution in [0.25, 0.3) is 0 Å². The van der Waals surface area contributed by atoms with E-state index in [1.165, 1.54) is 5.56 Å². The number of halogens is 1. The number of nitrogen functional groups attached to an aromatic ring is 1. The van der Waals surface area contributed by atoms with Gasteiger partial charge in [-0.1, -0.05) is 47.7 Å². The molecule has 0 spiro atoms.